The van der Waals surface area contributed by atoms with Crippen LogP contribution in [0.4, 0.5) is 0 Å². The maximum Gasteiger partial charge on any atom is 0.253 e. The lowest BCUT2D eigenvalue weighted by Gasteiger charge is -2.32. The summed E-state index contributed by atoms with van der Waals surface area (Å²) in [5.74, 6) is 0.680. The van der Waals surface area contributed by atoms with Gasteiger partial charge in [-0.25, -0.2) is 0 Å². The van der Waals surface area contributed by atoms with Crippen LogP contribution in [0, 0.1) is 5.92 Å². The summed E-state index contributed by atoms with van der Waals surface area (Å²) in [5.41, 5.74) is 3.29. The maximum absolute atomic E-state index is 12.8. The first-order valence-corrected chi connectivity index (χ1v) is 9.75. The molecule has 1 aliphatic rings. The largest absolute Gasteiger partial charge is 0.382 e. The van der Waals surface area contributed by atoms with Crippen LogP contribution in [0.2, 0.25) is 0 Å². The topological polar surface area (TPSA) is 38.8 Å². The van der Waals surface area contributed by atoms with Gasteiger partial charge in [-0.3, -0.25) is 4.79 Å². The lowest BCUT2D eigenvalue weighted by Crippen LogP contribution is -2.39. The predicted molar refractivity (Wildman–Crippen MR) is 107 cm³/mol. The molecule has 144 valence electrons. The molecule has 0 aliphatic carbocycles. The first-order chi connectivity index (χ1) is 13.3. The van der Waals surface area contributed by atoms with Gasteiger partial charge in [0.25, 0.3) is 5.91 Å². The number of hydrogen-bond donors (Lipinski definition) is 0. The quantitative estimate of drug-likeness (QED) is 0.666. The minimum atomic E-state index is 0.139. The molecule has 1 aliphatic heterocycles. The highest BCUT2D eigenvalue weighted by Crippen LogP contribution is 2.20. The van der Waals surface area contributed by atoms with Gasteiger partial charge in [-0.15, -0.1) is 0 Å². The van der Waals surface area contributed by atoms with Gasteiger partial charge in [0.15, 0.2) is 0 Å². The molecule has 0 spiro atoms. The van der Waals surface area contributed by atoms with E-state index in [1.54, 1.807) is 7.11 Å². The van der Waals surface area contributed by atoms with E-state index in [2.05, 4.69) is 36.4 Å². The Morgan fingerprint density at radius 3 is 2.30 bits per heavy atom. The molecule has 4 nitrogen and oxygen atoms in total. The molecule has 1 heterocycles. The number of piperidine rings is 1. The van der Waals surface area contributed by atoms with Crippen LogP contribution in [0.3, 0.4) is 0 Å². The molecule has 3 rings (SSSR count). The van der Waals surface area contributed by atoms with Crippen molar-refractivity contribution in [3.8, 4) is 0 Å². The van der Waals surface area contributed by atoms with E-state index in [-0.39, 0.29) is 5.91 Å². The number of hydrogen-bond acceptors (Lipinski definition) is 3. The van der Waals surface area contributed by atoms with Gasteiger partial charge < -0.3 is 14.4 Å². The summed E-state index contributed by atoms with van der Waals surface area (Å²) in [4.78, 5) is 14.7. The lowest BCUT2D eigenvalue weighted by molar-refractivity contribution is 0.0327. The van der Waals surface area contributed by atoms with E-state index < -0.39 is 0 Å². The Kier molecular flexibility index (Phi) is 7.43. The minimum Gasteiger partial charge on any atom is -0.382 e. The number of amides is 1. The Balaban J connectivity index is 1.47. The van der Waals surface area contributed by atoms with Crippen molar-refractivity contribution < 1.29 is 14.3 Å². The zero-order valence-corrected chi connectivity index (χ0v) is 16.1. The first kappa shape index (κ1) is 19.6. The normalized spacial score (nSPS) is 15.1. The zero-order valence-electron chi connectivity index (χ0n) is 16.1. The Labute approximate surface area is 162 Å². The molecule has 0 saturated carbocycles. The summed E-state index contributed by atoms with van der Waals surface area (Å²) in [6.45, 7) is 3.66. The smallest absolute Gasteiger partial charge is 0.253 e. The third-order valence-corrected chi connectivity index (χ3v) is 5.14. The number of nitrogens with zero attached hydrogens (tertiary/aromatic N) is 1. The highest BCUT2D eigenvalue weighted by Gasteiger charge is 2.23. The van der Waals surface area contributed by atoms with Gasteiger partial charge in [0.05, 0.1) is 13.2 Å². The Bertz CT molecular complexity index is 691. The standard InChI is InChI=1S/C23H29NO3/c1-26-15-16-27-18-21-11-13-24(14-12-21)23(25)22-9-7-20(8-10-22)17-19-5-3-2-4-6-19/h2-10,21H,11-18H2,1H3. The molecule has 1 amide bonds. The van der Waals surface area contributed by atoms with Gasteiger partial charge in [0.1, 0.15) is 0 Å². The summed E-state index contributed by atoms with van der Waals surface area (Å²) < 4.78 is 10.6. The third-order valence-electron chi connectivity index (χ3n) is 5.14. The highest BCUT2D eigenvalue weighted by atomic mass is 16.5. The number of methoxy groups -OCH3 is 1. The third kappa shape index (κ3) is 5.91. The van der Waals surface area contributed by atoms with Gasteiger partial charge in [0, 0.05) is 32.4 Å². The van der Waals surface area contributed by atoms with Crippen molar-refractivity contribution in [2.45, 2.75) is 19.3 Å². The predicted octanol–water partition coefficient (Wildman–Crippen LogP) is 3.79. The molecule has 4 heteroatoms. The average Bonchev–Trinajstić information content (AvgIpc) is 2.72. The minimum absolute atomic E-state index is 0.139. The highest BCUT2D eigenvalue weighted by molar-refractivity contribution is 5.94. The number of carbonyl (C=O) groups is 1. The fourth-order valence-corrected chi connectivity index (χ4v) is 3.47. The van der Waals surface area contributed by atoms with Gasteiger partial charge in [-0.1, -0.05) is 42.5 Å². The summed E-state index contributed by atoms with van der Waals surface area (Å²) in [6.07, 6.45) is 2.90. The van der Waals surface area contributed by atoms with Crippen LogP contribution in [-0.4, -0.2) is 50.8 Å². The number of rotatable bonds is 8. The number of carbonyl (C=O) groups excluding carboxylic acids is 1. The van der Waals surface area contributed by atoms with E-state index in [4.69, 9.17) is 9.47 Å². The molecule has 27 heavy (non-hydrogen) atoms. The van der Waals surface area contributed by atoms with Crippen LogP contribution in [0.15, 0.2) is 54.6 Å². The summed E-state index contributed by atoms with van der Waals surface area (Å²) >= 11 is 0. The molecule has 0 atom stereocenters. The van der Waals surface area contributed by atoms with Crippen molar-refractivity contribution >= 4 is 5.91 Å². The van der Waals surface area contributed by atoms with Crippen molar-refractivity contribution in [3.05, 3.63) is 71.3 Å². The molecule has 1 fully saturated rings. The lowest BCUT2D eigenvalue weighted by atomic mass is 9.97. The van der Waals surface area contributed by atoms with Crippen LogP contribution in [-0.2, 0) is 15.9 Å². The molecule has 0 N–H and O–H groups in total. The molecular formula is C23H29NO3. The zero-order chi connectivity index (χ0) is 18.9. The van der Waals surface area contributed by atoms with E-state index in [1.807, 2.05) is 23.1 Å². The Morgan fingerprint density at radius 2 is 1.63 bits per heavy atom. The average molecular weight is 367 g/mol. The second kappa shape index (κ2) is 10.2. The van der Waals surface area contributed by atoms with Gasteiger partial charge in [-0.2, -0.15) is 0 Å². The summed E-state index contributed by atoms with van der Waals surface area (Å²) in [7, 11) is 1.68. The number of benzene rings is 2. The number of likely N-dealkylation sites (tertiary alicyclic amines) is 1. The Morgan fingerprint density at radius 1 is 0.963 bits per heavy atom. The maximum atomic E-state index is 12.8. The van der Waals surface area contributed by atoms with Crippen LogP contribution in [0.5, 0.6) is 0 Å². The molecule has 0 bridgehead atoms. The van der Waals surface area contributed by atoms with Gasteiger partial charge in [0.2, 0.25) is 0 Å². The van der Waals surface area contributed by atoms with Crippen molar-refractivity contribution in [2.75, 3.05) is 40.0 Å². The molecule has 2 aromatic carbocycles. The van der Waals surface area contributed by atoms with Crippen molar-refractivity contribution in [3.63, 3.8) is 0 Å². The molecular weight excluding hydrogens is 338 g/mol. The van der Waals surface area contributed by atoms with Gasteiger partial charge in [-0.05, 0) is 48.4 Å². The second-order valence-electron chi connectivity index (χ2n) is 7.16. The van der Waals surface area contributed by atoms with E-state index in [9.17, 15) is 4.79 Å². The fraction of sp³-hybridized carbons (Fsp3) is 0.435. The van der Waals surface area contributed by atoms with Crippen LogP contribution < -0.4 is 0 Å². The Hall–Kier alpha value is -2.17. The van der Waals surface area contributed by atoms with Gasteiger partial charge >= 0.3 is 0 Å². The molecule has 0 radical (unpaired) electrons. The first-order valence-electron chi connectivity index (χ1n) is 9.75. The summed E-state index contributed by atoms with van der Waals surface area (Å²) in [6, 6.07) is 18.4. The number of ether oxygens (including phenoxy) is 2. The van der Waals surface area contributed by atoms with Crippen LogP contribution in [0.25, 0.3) is 0 Å². The van der Waals surface area contributed by atoms with Crippen molar-refractivity contribution in [2.24, 2.45) is 5.92 Å². The molecule has 0 unspecified atom stereocenters. The monoisotopic (exact) mass is 367 g/mol. The van der Waals surface area contributed by atoms with E-state index in [1.165, 1.54) is 11.1 Å². The van der Waals surface area contributed by atoms with Crippen LogP contribution in [0.1, 0.15) is 34.3 Å². The van der Waals surface area contributed by atoms with Crippen molar-refractivity contribution in [1.82, 2.24) is 4.90 Å². The second-order valence-corrected chi connectivity index (χ2v) is 7.16. The SMILES string of the molecule is COCCOCC1CCN(C(=O)c2ccc(Cc3ccccc3)cc2)CC1. The summed E-state index contributed by atoms with van der Waals surface area (Å²) in [5, 5.41) is 0. The van der Waals surface area contributed by atoms with E-state index in [0.717, 1.165) is 44.5 Å². The molecule has 1 saturated heterocycles. The molecule has 0 aromatic heterocycles. The molecule has 2 aromatic rings. The van der Waals surface area contributed by atoms with Crippen molar-refractivity contribution in [1.29, 1.82) is 0 Å². The van der Waals surface area contributed by atoms with Crippen LogP contribution >= 0.6 is 0 Å². The van der Waals surface area contributed by atoms with E-state index >= 15 is 0 Å². The van der Waals surface area contributed by atoms with E-state index in [0.29, 0.717) is 19.1 Å². The fourth-order valence-electron chi connectivity index (χ4n) is 3.47.